The van der Waals surface area contributed by atoms with Crippen molar-refractivity contribution in [1.82, 2.24) is 4.90 Å². The molecule has 0 radical (unpaired) electrons. The van der Waals surface area contributed by atoms with E-state index in [4.69, 9.17) is 5.73 Å². The van der Waals surface area contributed by atoms with E-state index in [9.17, 15) is 0 Å². The lowest BCUT2D eigenvalue weighted by Crippen LogP contribution is -2.48. The van der Waals surface area contributed by atoms with Gasteiger partial charge in [-0.2, -0.15) is 0 Å². The third-order valence-electron chi connectivity index (χ3n) is 3.73. The lowest BCUT2D eigenvalue weighted by atomic mass is 9.98. The van der Waals surface area contributed by atoms with Crippen molar-refractivity contribution in [2.45, 2.75) is 45.2 Å². The van der Waals surface area contributed by atoms with Gasteiger partial charge in [-0.25, -0.2) is 0 Å². The van der Waals surface area contributed by atoms with Gasteiger partial charge in [0.1, 0.15) is 0 Å². The van der Waals surface area contributed by atoms with Gasteiger partial charge in [0.15, 0.2) is 0 Å². The number of nitrogen functional groups attached to an aromatic ring is 1. The topological polar surface area (TPSA) is 41.3 Å². The first kappa shape index (κ1) is 13.2. The molecule has 2 rings (SSSR count). The largest absolute Gasteiger partial charge is 0.399 e. The van der Waals surface area contributed by atoms with Crippen molar-refractivity contribution in [3.05, 3.63) is 24.3 Å². The van der Waals surface area contributed by atoms with E-state index in [-0.39, 0.29) is 0 Å². The van der Waals surface area contributed by atoms with Crippen molar-refractivity contribution in [3.8, 4) is 0 Å². The zero-order valence-electron chi connectivity index (χ0n) is 11.7. The summed E-state index contributed by atoms with van der Waals surface area (Å²) >= 11 is 0. The van der Waals surface area contributed by atoms with E-state index in [2.05, 4.69) is 43.1 Å². The Balaban J connectivity index is 1.85. The van der Waals surface area contributed by atoms with E-state index in [1.807, 2.05) is 12.1 Å². The molecule has 0 saturated carbocycles. The fourth-order valence-electron chi connectivity index (χ4n) is 2.51. The number of likely N-dealkylation sites (tertiary alicyclic amines) is 1. The smallest absolute Gasteiger partial charge is 0.0343 e. The highest BCUT2D eigenvalue weighted by Gasteiger charge is 2.26. The van der Waals surface area contributed by atoms with Crippen LogP contribution in [0.15, 0.2) is 24.3 Å². The highest BCUT2D eigenvalue weighted by Crippen LogP contribution is 2.22. The Morgan fingerprint density at radius 1 is 1.11 bits per heavy atom. The minimum Gasteiger partial charge on any atom is -0.399 e. The predicted molar refractivity (Wildman–Crippen MR) is 78.8 cm³/mol. The van der Waals surface area contributed by atoms with Crippen LogP contribution >= 0.6 is 0 Å². The summed E-state index contributed by atoms with van der Waals surface area (Å²) in [4.78, 5) is 2.56. The lowest BCUT2D eigenvalue weighted by Gasteiger charge is -2.41. The number of nitrogens with one attached hydrogen (secondary N) is 1. The lowest BCUT2D eigenvalue weighted by molar-refractivity contribution is 0.106. The molecule has 3 nitrogen and oxygen atoms in total. The maximum Gasteiger partial charge on any atom is 0.0343 e. The van der Waals surface area contributed by atoms with Gasteiger partial charge in [-0.3, -0.25) is 4.90 Å². The number of rotatable bonds is 2. The molecule has 0 unspecified atom stereocenters. The Bertz CT molecular complexity index is 370. The van der Waals surface area contributed by atoms with Gasteiger partial charge in [-0.1, -0.05) is 0 Å². The Morgan fingerprint density at radius 3 is 2.17 bits per heavy atom. The third kappa shape index (κ3) is 3.39. The van der Waals surface area contributed by atoms with Gasteiger partial charge in [-0.05, 0) is 57.9 Å². The molecule has 0 aromatic heterocycles. The summed E-state index contributed by atoms with van der Waals surface area (Å²) in [5.41, 5.74) is 7.99. The molecule has 3 heteroatoms. The van der Waals surface area contributed by atoms with E-state index >= 15 is 0 Å². The second-order valence-electron chi connectivity index (χ2n) is 6.20. The number of nitrogens with zero attached hydrogens (tertiary/aromatic N) is 1. The van der Waals surface area contributed by atoms with Crippen molar-refractivity contribution < 1.29 is 0 Å². The van der Waals surface area contributed by atoms with Crippen LogP contribution in [0.4, 0.5) is 11.4 Å². The molecular weight excluding hydrogens is 222 g/mol. The summed E-state index contributed by atoms with van der Waals surface area (Å²) in [5, 5.41) is 3.60. The van der Waals surface area contributed by atoms with Crippen molar-refractivity contribution in [2.75, 3.05) is 24.1 Å². The van der Waals surface area contributed by atoms with Crippen LogP contribution in [-0.4, -0.2) is 29.6 Å². The average molecular weight is 247 g/mol. The van der Waals surface area contributed by atoms with Crippen LogP contribution in [0, 0.1) is 0 Å². The Hall–Kier alpha value is -1.22. The van der Waals surface area contributed by atoms with Crippen LogP contribution in [0.25, 0.3) is 0 Å². The predicted octanol–water partition coefficient (Wildman–Crippen LogP) is 2.94. The van der Waals surface area contributed by atoms with Gasteiger partial charge in [0.25, 0.3) is 0 Å². The van der Waals surface area contributed by atoms with E-state index < -0.39 is 0 Å². The summed E-state index contributed by atoms with van der Waals surface area (Å²) in [6.07, 6.45) is 2.42. The van der Waals surface area contributed by atoms with Gasteiger partial charge in [0.2, 0.25) is 0 Å². The minimum absolute atomic E-state index is 0.298. The maximum atomic E-state index is 5.69. The summed E-state index contributed by atoms with van der Waals surface area (Å²) in [6.45, 7) is 9.23. The molecular formula is C15H25N3. The fraction of sp³-hybridized carbons (Fsp3) is 0.600. The zero-order chi connectivity index (χ0) is 13.2. The Morgan fingerprint density at radius 2 is 1.67 bits per heavy atom. The van der Waals surface area contributed by atoms with Gasteiger partial charge >= 0.3 is 0 Å². The third-order valence-corrected chi connectivity index (χ3v) is 3.73. The molecule has 1 fully saturated rings. The van der Waals surface area contributed by atoms with Gasteiger partial charge < -0.3 is 11.1 Å². The number of anilines is 2. The summed E-state index contributed by atoms with van der Waals surface area (Å²) in [5.74, 6) is 0. The number of hydrogen-bond acceptors (Lipinski definition) is 3. The molecule has 1 aromatic carbocycles. The molecule has 1 aromatic rings. The van der Waals surface area contributed by atoms with Gasteiger partial charge in [-0.15, -0.1) is 0 Å². The molecule has 1 saturated heterocycles. The molecule has 1 aliphatic rings. The summed E-state index contributed by atoms with van der Waals surface area (Å²) in [7, 11) is 0. The molecule has 100 valence electrons. The van der Waals surface area contributed by atoms with Crippen molar-refractivity contribution in [2.24, 2.45) is 0 Å². The number of benzene rings is 1. The first-order valence-corrected chi connectivity index (χ1v) is 6.82. The molecule has 18 heavy (non-hydrogen) atoms. The Kier molecular flexibility index (Phi) is 3.81. The van der Waals surface area contributed by atoms with E-state index in [1.165, 1.54) is 31.6 Å². The highest BCUT2D eigenvalue weighted by molar-refractivity contribution is 5.51. The molecule has 1 heterocycles. The fourth-order valence-corrected chi connectivity index (χ4v) is 2.51. The van der Waals surface area contributed by atoms with Crippen molar-refractivity contribution in [3.63, 3.8) is 0 Å². The molecule has 0 atom stereocenters. The van der Waals surface area contributed by atoms with Gasteiger partial charge in [0.05, 0.1) is 0 Å². The number of nitrogens with two attached hydrogens (primary N) is 1. The SMILES string of the molecule is CC(C)(C)N1CCC(Nc2ccc(N)cc2)CC1. The zero-order valence-corrected chi connectivity index (χ0v) is 11.7. The van der Waals surface area contributed by atoms with Crippen LogP contribution < -0.4 is 11.1 Å². The van der Waals surface area contributed by atoms with Crippen LogP contribution in [0.3, 0.4) is 0 Å². The molecule has 0 aliphatic carbocycles. The highest BCUT2D eigenvalue weighted by atomic mass is 15.2. The van der Waals surface area contributed by atoms with Crippen LogP contribution in [0.5, 0.6) is 0 Å². The molecule has 1 aliphatic heterocycles. The first-order chi connectivity index (χ1) is 8.45. The van der Waals surface area contributed by atoms with Crippen molar-refractivity contribution >= 4 is 11.4 Å². The van der Waals surface area contributed by atoms with Crippen LogP contribution in [-0.2, 0) is 0 Å². The summed E-state index contributed by atoms with van der Waals surface area (Å²) < 4.78 is 0. The quantitative estimate of drug-likeness (QED) is 0.790. The van der Waals surface area contributed by atoms with Gasteiger partial charge in [0, 0.05) is 36.0 Å². The van der Waals surface area contributed by atoms with E-state index in [0.717, 1.165) is 5.69 Å². The van der Waals surface area contributed by atoms with Crippen LogP contribution in [0.1, 0.15) is 33.6 Å². The monoisotopic (exact) mass is 247 g/mol. The first-order valence-electron chi connectivity index (χ1n) is 6.82. The standard InChI is InChI=1S/C15H25N3/c1-15(2,3)18-10-8-14(9-11-18)17-13-6-4-12(16)5-7-13/h4-7,14,17H,8-11,16H2,1-3H3. The second kappa shape index (κ2) is 5.19. The Labute approximate surface area is 110 Å². The molecule has 0 spiro atoms. The number of piperidine rings is 1. The van der Waals surface area contributed by atoms with E-state index in [1.54, 1.807) is 0 Å². The minimum atomic E-state index is 0.298. The maximum absolute atomic E-state index is 5.69. The molecule has 0 bridgehead atoms. The van der Waals surface area contributed by atoms with E-state index in [0.29, 0.717) is 11.6 Å². The summed E-state index contributed by atoms with van der Waals surface area (Å²) in [6, 6.07) is 8.61. The molecule has 3 N–H and O–H groups in total. The average Bonchev–Trinajstić information content (AvgIpc) is 2.32. The van der Waals surface area contributed by atoms with Crippen molar-refractivity contribution in [1.29, 1.82) is 0 Å². The van der Waals surface area contributed by atoms with Crippen LogP contribution in [0.2, 0.25) is 0 Å². The normalized spacial score (nSPS) is 18.8. The number of hydrogen-bond donors (Lipinski definition) is 2. The second-order valence-corrected chi connectivity index (χ2v) is 6.20. The molecule has 0 amide bonds.